The first-order valence-corrected chi connectivity index (χ1v) is 5.77. The van der Waals surface area contributed by atoms with Crippen molar-refractivity contribution >= 4 is 17.5 Å². The van der Waals surface area contributed by atoms with E-state index in [0.29, 0.717) is 6.04 Å². The number of hydrogen-bond donors (Lipinski definition) is 1. The number of nitrogens with one attached hydrogen (secondary N) is 1. The van der Waals surface area contributed by atoms with Crippen LogP contribution in [0.15, 0.2) is 36.7 Å². The van der Waals surface area contributed by atoms with Gasteiger partial charge in [0, 0.05) is 18.4 Å². The summed E-state index contributed by atoms with van der Waals surface area (Å²) in [5, 5.41) is 4.12. The van der Waals surface area contributed by atoms with E-state index >= 15 is 0 Å². The molecule has 0 saturated heterocycles. The SMILES string of the molecule is Clc1ccccc1-n1ccnc1NC1CC1. The van der Waals surface area contributed by atoms with Crippen molar-refractivity contribution in [1.82, 2.24) is 9.55 Å². The zero-order chi connectivity index (χ0) is 11.0. The van der Waals surface area contributed by atoms with E-state index in [1.165, 1.54) is 12.8 Å². The van der Waals surface area contributed by atoms with E-state index in [9.17, 15) is 0 Å². The molecule has 4 heteroatoms. The second kappa shape index (κ2) is 3.83. The molecule has 0 amide bonds. The monoisotopic (exact) mass is 233 g/mol. The number of imidazole rings is 1. The summed E-state index contributed by atoms with van der Waals surface area (Å²) in [4.78, 5) is 4.31. The van der Waals surface area contributed by atoms with Crippen molar-refractivity contribution < 1.29 is 0 Å². The van der Waals surface area contributed by atoms with Gasteiger partial charge in [-0.15, -0.1) is 0 Å². The standard InChI is InChI=1S/C12H12ClN3/c13-10-3-1-2-4-11(10)16-8-7-14-12(16)15-9-5-6-9/h1-4,7-9H,5-6H2,(H,14,15). The van der Waals surface area contributed by atoms with Crippen LogP contribution in [-0.4, -0.2) is 15.6 Å². The quantitative estimate of drug-likeness (QED) is 0.883. The van der Waals surface area contributed by atoms with Crippen LogP contribution in [0.2, 0.25) is 5.02 Å². The first-order valence-electron chi connectivity index (χ1n) is 5.39. The Hall–Kier alpha value is -1.48. The Morgan fingerprint density at radius 2 is 2.12 bits per heavy atom. The molecule has 1 N–H and O–H groups in total. The van der Waals surface area contributed by atoms with Crippen molar-refractivity contribution in [2.45, 2.75) is 18.9 Å². The molecule has 3 rings (SSSR count). The Labute approximate surface area is 99.1 Å². The lowest BCUT2D eigenvalue weighted by Gasteiger charge is -2.10. The van der Waals surface area contributed by atoms with Crippen LogP contribution in [0.5, 0.6) is 0 Å². The van der Waals surface area contributed by atoms with E-state index in [1.807, 2.05) is 35.0 Å². The van der Waals surface area contributed by atoms with Crippen LogP contribution in [-0.2, 0) is 0 Å². The molecule has 0 bridgehead atoms. The Morgan fingerprint density at radius 3 is 2.88 bits per heavy atom. The van der Waals surface area contributed by atoms with Gasteiger partial charge in [0.1, 0.15) is 0 Å². The third-order valence-corrected chi connectivity index (χ3v) is 2.98. The maximum absolute atomic E-state index is 6.16. The summed E-state index contributed by atoms with van der Waals surface area (Å²) < 4.78 is 1.99. The molecule has 1 aliphatic rings. The van der Waals surface area contributed by atoms with Gasteiger partial charge in [-0.3, -0.25) is 4.57 Å². The minimum atomic E-state index is 0.587. The number of nitrogens with zero attached hydrogens (tertiary/aromatic N) is 2. The maximum Gasteiger partial charge on any atom is 0.207 e. The van der Waals surface area contributed by atoms with Gasteiger partial charge in [0.05, 0.1) is 10.7 Å². The van der Waals surface area contributed by atoms with Crippen LogP contribution in [0.1, 0.15) is 12.8 Å². The number of benzene rings is 1. The molecule has 0 unspecified atom stereocenters. The van der Waals surface area contributed by atoms with Gasteiger partial charge in [-0.1, -0.05) is 23.7 Å². The minimum absolute atomic E-state index is 0.587. The predicted octanol–water partition coefficient (Wildman–Crippen LogP) is 3.10. The summed E-state index contributed by atoms with van der Waals surface area (Å²) in [6.45, 7) is 0. The van der Waals surface area contributed by atoms with E-state index in [4.69, 9.17) is 11.6 Å². The highest BCUT2D eigenvalue weighted by atomic mass is 35.5. The number of halogens is 1. The van der Waals surface area contributed by atoms with Crippen molar-refractivity contribution in [3.63, 3.8) is 0 Å². The topological polar surface area (TPSA) is 29.9 Å². The van der Waals surface area contributed by atoms with Gasteiger partial charge in [-0.25, -0.2) is 4.98 Å². The van der Waals surface area contributed by atoms with Gasteiger partial charge in [0.15, 0.2) is 0 Å². The third-order valence-electron chi connectivity index (χ3n) is 2.66. The summed E-state index contributed by atoms with van der Waals surface area (Å²) >= 11 is 6.16. The number of anilines is 1. The molecule has 0 atom stereocenters. The molecule has 1 heterocycles. The van der Waals surface area contributed by atoms with Gasteiger partial charge in [0.25, 0.3) is 0 Å². The molecular weight excluding hydrogens is 222 g/mol. The lowest BCUT2D eigenvalue weighted by atomic mass is 10.3. The fourth-order valence-corrected chi connectivity index (χ4v) is 1.89. The molecule has 1 saturated carbocycles. The Bertz CT molecular complexity index is 502. The summed E-state index contributed by atoms with van der Waals surface area (Å²) in [7, 11) is 0. The predicted molar refractivity (Wildman–Crippen MR) is 65.2 cm³/mol. The van der Waals surface area contributed by atoms with Gasteiger partial charge in [-0.05, 0) is 25.0 Å². The Kier molecular flexibility index (Phi) is 2.33. The van der Waals surface area contributed by atoms with E-state index < -0.39 is 0 Å². The Balaban J connectivity index is 1.99. The molecule has 0 radical (unpaired) electrons. The third kappa shape index (κ3) is 1.78. The number of rotatable bonds is 3. The van der Waals surface area contributed by atoms with E-state index in [0.717, 1.165) is 16.7 Å². The lowest BCUT2D eigenvalue weighted by Crippen LogP contribution is -2.07. The largest absolute Gasteiger partial charge is 0.353 e. The smallest absolute Gasteiger partial charge is 0.207 e. The summed E-state index contributed by atoms with van der Waals surface area (Å²) in [6, 6.07) is 8.36. The highest BCUT2D eigenvalue weighted by Gasteiger charge is 2.22. The van der Waals surface area contributed by atoms with Crippen molar-refractivity contribution in [3.05, 3.63) is 41.7 Å². The zero-order valence-corrected chi connectivity index (χ0v) is 9.48. The summed E-state index contributed by atoms with van der Waals surface area (Å²) in [5.74, 6) is 0.871. The molecule has 0 aliphatic heterocycles. The Morgan fingerprint density at radius 1 is 1.31 bits per heavy atom. The van der Waals surface area contributed by atoms with Crippen molar-refractivity contribution in [1.29, 1.82) is 0 Å². The lowest BCUT2D eigenvalue weighted by molar-refractivity contribution is 1.00. The number of aromatic nitrogens is 2. The molecule has 1 aromatic heterocycles. The second-order valence-electron chi connectivity index (χ2n) is 3.99. The zero-order valence-electron chi connectivity index (χ0n) is 8.73. The van der Waals surface area contributed by atoms with Crippen LogP contribution < -0.4 is 5.32 Å². The average Bonchev–Trinajstić information content (AvgIpc) is 2.97. The molecule has 82 valence electrons. The molecule has 1 fully saturated rings. The number of para-hydroxylation sites is 1. The molecule has 1 aliphatic carbocycles. The van der Waals surface area contributed by atoms with Crippen molar-refractivity contribution in [2.75, 3.05) is 5.32 Å². The molecular formula is C12H12ClN3. The van der Waals surface area contributed by atoms with E-state index in [-0.39, 0.29) is 0 Å². The fourth-order valence-electron chi connectivity index (χ4n) is 1.66. The van der Waals surface area contributed by atoms with Crippen LogP contribution in [0.4, 0.5) is 5.95 Å². The second-order valence-corrected chi connectivity index (χ2v) is 4.40. The summed E-state index contributed by atoms with van der Waals surface area (Å²) in [5.41, 5.74) is 0.963. The van der Waals surface area contributed by atoms with E-state index in [1.54, 1.807) is 6.20 Å². The van der Waals surface area contributed by atoms with Gasteiger partial charge in [-0.2, -0.15) is 0 Å². The van der Waals surface area contributed by atoms with Crippen LogP contribution in [0, 0.1) is 0 Å². The van der Waals surface area contributed by atoms with Crippen molar-refractivity contribution in [2.24, 2.45) is 0 Å². The molecule has 0 spiro atoms. The van der Waals surface area contributed by atoms with Crippen molar-refractivity contribution in [3.8, 4) is 5.69 Å². The first kappa shape index (κ1) is 9.73. The molecule has 2 aromatic rings. The highest BCUT2D eigenvalue weighted by molar-refractivity contribution is 6.32. The number of hydrogen-bond acceptors (Lipinski definition) is 2. The van der Waals surface area contributed by atoms with Crippen LogP contribution >= 0.6 is 11.6 Å². The minimum Gasteiger partial charge on any atom is -0.353 e. The fraction of sp³-hybridized carbons (Fsp3) is 0.250. The normalized spacial score (nSPS) is 15.1. The molecule has 16 heavy (non-hydrogen) atoms. The summed E-state index contributed by atoms with van der Waals surface area (Å²) in [6.07, 6.45) is 6.17. The van der Waals surface area contributed by atoms with Gasteiger partial charge < -0.3 is 5.32 Å². The molecule has 3 nitrogen and oxygen atoms in total. The van der Waals surface area contributed by atoms with Crippen LogP contribution in [0.25, 0.3) is 5.69 Å². The maximum atomic E-state index is 6.16. The van der Waals surface area contributed by atoms with Gasteiger partial charge >= 0.3 is 0 Å². The highest BCUT2D eigenvalue weighted by Crippen LogP contribution is 2.27. The van der Waals surface area contributed by atoms with E-state index in [2.05, 4.69) is 10.3 Å². The van der Waals surface area contributed by atoms with Crippen LogP contribution in [0.3, 0.4) is 0 Å². The van der Waals surface area contributed by atoms with Gasteiger partial charge in [0.2, 0.25) is 5.95 Å². The average molecular weight is 234 g/mol. The molecule has 1 aromatic carbocycles. The first-order chi connectivity index (χ1) is 7.84.